The minimum Gasteiger partial charge on any atom is -0.496 e. The SMILES string of the molecule is COc1ccc2ccccc2c1C(=O)NCc1ccc(-c2nn3c(c2C(N)=O)Nc2ccc(C(C)(C)C)cc2CC3)cc1C. The standard InChI is InChI=1S/C36H37N5O3/c1-21-18-24(10-11-25(21)20-38-35(43)30-27-9-7-6-8-22(27)12-15-29(30)44-5)32-31(33(37)42)34-39-28-14-13-26(36(2,3)4)19-23(28)16-17-41(34)40-32/h6-15,18-19,39H,16-17,20H2,1-5H3,(H2,37,42)(H,38,43). The zero-order chi connectivity index (χ0) is 31.2. The Bertz CT molecular complexity index is 1930. The van der Waals surface area contributed by atoms with Gasteiger partial charge in [-0.2, -0.15) is 5.10 Å². The Morgan fingerprint density at radius 3 is 2.55 bits per heavy atom. The van der Waals surface area contributed by atoms with Crippen molar-refractivity contribution >= 4 is 34.1 Å². The van der Waals surface area contributed by atoms with E-state index in [9.17, 15) is 9.59 Å². The first-order valence-electron chi connectivity index (χ1n) is 14.8. The van der Waals surface area contributed by atoms with E-state index in [4.69, 9.17) is 15.6 Å². The molecule has 1 aromatic heterocycles. The van der Waals surface area contributed by atoms with Gasteiger partial charge in [-0.05, 0) is 70.0 Å². The molecule has 1 aliphatic heterocycles. The van der Waals surface area contributed by atoms with Gasteiger partial charge < -0.3 is 21.1 Å². The van der Waals surface area contributed by atoms with Crippen molar-refractivity contribution in [3.63, 3.8) is 0 Å². The molecular formula is C36H37N5O3. The fraction of sp³-hybridized carbons (Fsp3) is 0.250. The Morgan fingerprint density at radius 2 is 1.82 bits per heavy atom. The van der Waals surface area contributed by atoms with Crippen LogP contribution < -0.4 is 21.1 Å². The summed E-state index contributed by atoms with van der Waals surface area (Å²) in [5.74, 6) is 0.379. The summed E-state index contributed by atoms with van der Waals surface area (Å²) in [5, 5.41) is 13.2. The average molecular weight is 588 g/mol. The second kappa shape index (κ2) is 11.2. The highest BCUT2D eigenvalue weighted by atomic mass is 16.5. The fourth-order valence-corrected chi connectivity index (χ4v) is 5.89. The van der Waals surface area contributed by atoms with Crippen LogP contribution in [0.4, 0.5) is 11.5 Å². The van der Waals surface area contributed by atoms with Crippen molar-refractivity contribution in [3.05, 3.63) is 106 Å². The second-order valence-electron chi connectivity index (χ2n) is 12.3. The number of nitrogens with zero attached hydrogens (tertiary/aromatic N) is 2. The number of nitrogens with one attached hydrogen (secondary N) is 2. The molecule has 8 nitrogen and oxygen atoms in total. The van der Waals surface area contributed by atoms with Gasteiger partial charge in [0.25, 0.3) is 11.8 Å². The summed E-state index contributed by atoms with van der Waals surface area (Å²) in [6.45, 7) is 9.52. The van der Waals surface area contributed by atoms with E-state index in [1.807, 2.05) is 66.2 Å². The number of aryl methyl sites for hydroxylation is 3. The molecule has 0 atom stereocenters. The number of methoxy groups -OCH3 is 1. The van der Waals surface area contributed by atoms with Gasteiger partial charge in [-0.25, -0.2) is 4.68 Å². The Hall–Kier alpha value is -5.11. The monoisotopic (exact) mass is 587 g/mol. The van der Waals surface area contributed by atoms with Crippen LogP contribution in [0.5, 0.6) is 5.75 Å². The lowest BCUT2D eigenvalue weighted by Gasteiger charge is -2.21. The fourth-order valence-electron chi connectivity index (χ4n) is 5.89. The third-order valence-electron chi connectivity index (χ3n) is 8.41. The summed E-state index contributed by atoms with van der Waals surface area (Å²) < 4.78 is 7.35. The highest BCUT2D eigenvalue weighted by molar-refractivity contribution is 6.09. The smallest absolute Gasteiger partial charge is 0.255 e. The van der Waals surface area contributed by atoms with Crippen LogP contribution in [-0.2, 0) is 24.9 Å². The molecule has 8 heteroatoms. The lowest BCUT2D eigenvalue weighted by Crippen LogP contribution is -2.24. The summed E-state index contributed by atoms with van der Waals surface area (Å²) >= 11 is 0. The number of hydrogen-bond donors (Lipinski definition) is 3. The number of ether oxygens (including phenoxy) is 1. The number of hydrogen-bond acceptors (Lipinski definition) is 5. The lowest BCUT2D eigenvalue weighted by atomic mass is 9.85. The zero-order valence-corrected chi connectivity index (χ0v) is 25.7. The largest absolute Gasteiger partial charge is 0.496 e. The molecule has 4 aromatic carbocycles. The average Bonchev–Trinajstić information content (AvgIpc) is 3.27. The van der Waals surface area contributed by atoms with Crippen LogP contribution in [0.15, 0.2) is 72.8 Å². The van der Waals surface area contributed by atoms with Crippen LogP contribution in [0.1, 0.15) is 63.7 Å². The molecule has 0 saturated heterocycles. The molecule has 0 aliphatic carbocycles. The van der Waals surface area contributed by atoms with Crippen LogP contribution in [0, 0.1) is 6.92 Å². The number of benzene rings is 4. The maximum absolute atomic E-state index is 13.4. The minimum atomic E-state index is -0.540. The number of carbonyl (C=O) groups is 2. The van der Waals surface area contributed by atoms with Crippen molar-refractivity contribution in [1.29, 1.82) is 0 Å². The Balaban J connectivity index is 1.27. The van der Waals surface area contributed by atoms with Gasteiger partial charge in [0.1, 0.15) is 22.8 Å². The van der Waals surface area contributed by atoms with Crippen molar-refractivity contribution < 1.29 is 14.3 Å². The Morgan fingerprint density at radius 1 is 1.02 bits per heavy atom. The predicted octanol–water partition coefficient (Wildman–Crippen LogP) is 6.65. The van der Waals surface area contributed by atoms with E-state index in [1.165, 1.54) is 11.1 Å². The van der Waals surface area contributed by atoms with Crippen LogP contribution >= 0.6 is 0 Å². The molecule has 0 unspecified atom stereocenters. The van der Waals surface area contributed by atoms with Crippen LogP contribution in [-0.4, -0.2) is 28.7 Å². The number of rotatable bonds is 6. The molecule has 6 rings (SSSR count). The summed E-state index contributed by atoms with van der Waals surface area (Å²) in [4.78, 5) is 26.2. The van der Waals surface area contributed by atoms with Gasteiger partial charge in [0.05, 0.1) is 12.7 Å². The second-order valence-corrected chi connectivity index (χ2v) is 12.3. The number of nitrogens with two attached hydrogens (primary N) is 1. The van der Waals surface area contributed by atoms with Gasteiger partial charge >= 0.3 is 0 Å². The van der Waals surface area contributed by atoms with Crippen LogP contribution in [0.3, 0.4) is 0 Å². The number of amides is 2. The van der Waals surface area contributed by atoms with Gasteiger partial charge in [0.2, 0.25) is 0 Å². The highest BCUT2D eigenvalue weighted by Crippen LogP contribution is 2.36. The first-order valence-corrected chi connectivity index (χ1v) is 14.8. The van der Waals surface area contributed by atoms with Gasteiger partial charge in [0.15, 0.2) is 0 Å². The first kappa shape index (κ1) is 29.0. The molecule has 0 saturated carbocycles. The van der Waals surface area contributed by atoms with E-state index in [0.29, 0.717) is 41.5 Å². The number of carbonyl (C=O) groups excluding carboxylic acids is 2. The predicted molar refractivity (Wildman–Crippen MR) is 175 cm³/mol. The van der Waals surface area contributed by atoms with E-state index in [2.05, 4.69) is 49.6 Å². The maximum atomic E-state index is 13.4. The van der Waals surface area contributed by atoms with Crippen molar-refractivity contribution in [3.8, 4) is 17.0 Å². The van der Waals surface area contributed by atoms with Crippen molar-refractivity contribution in [1.82, 2.24) is 15.1 Å². The third kappa shape index (κ3) is 5.28. The number of fused-ring (bicyclic) bond motifs is 3. The molecular weight excluding hydrogens is 550 g/mol. The first-order chi connectivity index (χ1) is 21.0. The molecule has 5 aromatic rings. The molecule has 0 spiro atoms. The van der Waals surface area contributed by atoms with E-state index in [-0.39, 0.29) is 11.3 Å². The van der Waals surface area contributed by atoms with Crippen molar-refractivity contribution in [2.75, 3.05) is 12.4 Å². The molecule has 0 bridgehead atoms. The number of primary amides is 1. The Labute approximate surface area is 257 Å². The van der Waals surface area contributed by atoms with Crippen molar-refractivity contribution in [2.45, 2.75) is 52.6 Å². The molecule has 4 N–H and O–H groups in total. The Kier molecular flexibility index (Phi) is 7.37. The minimum absolute atomic E-state index is 0.0378. The quantitative estimate of drug-likeness (QED) is 0.206. The number of anilines is 2. The van der Waals surface area contributed by atoms with Gasteiger partial charge in [-0.15, -0.1) is 0 Å². The van der Waals surface area contributed by atoms with E-state index in [0.717, 1.165) is 39.6 Å². The lowest BCUT2D eigenvalue weighted by molar-refractivity contribution is 0.0948. The molecule has 1 aliphatic rings. The number of aromatic nitrogens is 2. The summed E-state index contributed by atoms with van der Waals surface area (Å²) in [6.07, 6.45) is 0.776. The molecule has 224 valence electrons. The molecule has 0 fully saturated rings. The van der Waals surface area contributed by atoms with Gasteiger partial charge in [-0.1, -0.05) is 75.4 Å². The van der Waals surface area contributed by atoms with E-state index in [1.54, 1.807) is 7.11 Å². The normalized spacial score (nSPS) is 12.6. The molecule has 2 heterocycles. The maximum Gasteiger partial charge on any atom is 0.255 e. The summed E-state index contributed by atoms with van der Waals surface area (Å²) in [6, 6.07) is 23.8. The summed E-state index contributed by atoms with van der Waals surface area (Å²) in [5.41, 5.74) is 13.5. The molecule has 2 amide bonds. The topological polar surface area (TPSA) is 111 Å². The van der Waals surface area contributed by atoms with E-state index < -0.39 is 5.91 Å². The van der Waals surface area contributed by atoms with Gasteiger partial charge in [0, 0.05) is 24.3 Å². The van der Waals surface area contributed by atoms with Gasteiger partial charge in [-0.3, -0.25) is 9.59 Å². The van der Waals surface area contributed by atoms with Crippen LogP contribution in [0.2, 0.25) is 0 Å². The van der Waals surface area contributed by atoms with Crippen molar-refractivity contribution in [2.24, 2.45) is 5.73 Å². The zero-order valence-electron chi connectivity index (χ0n) is 25.7. The molecule has 44 heavy (non-hydrogen) atoms. The van der Waals surface area contributed by atoms with Crippen LogP contribution in [0.25, 0.3) is 22.0 Å². The van der Waals surface area contributed by atoms with E-state index >= 15 is 0 Å². The summed E-state index contributed by atoms with van der Waals surface area (Å²) in [7, 11) is 1.57. The third-order valence-corrected chi connectivity index (χ3v) is 8.41. The molecule has 0 radical (unpaired) electrons. The highest BCUT2D eigenvalue weighted by Gasteiger charge is 2.27.